The van der Waals surface area contributed by atoms with Crippen molar-refractivity contribution in [1.29, 1.82) is 0 Å². The summed E-state index contributed by atoms with van der Waals surface area (Å²) in [5.41, 5.74) is 0. The van der Waals surface area contributed by atoms with E-state index in [1.165, 1.54) is 10.4 Å². The van der Waals surface area contributed by atoms with E-state index in [0.717, 1.165) is 0 Å². The van der Waals surface area contributed by atoms with Crippen LogP contribution in [-0.4, -0.2) is 43.5 Å². The highest BCUT2D eigenvalue weighted by atomic mass is 35.5. The Morgan fingerprint density at radius 1 is 1.07 bits per heavy atom. The fourth-order valence-corrected chi connectivity index (χ4v) is 9.19. The summed E-state index contributed by atoms with van der Waals surface area (Å²) in [6, 6.07) is 20.6. The van der Waals surface area contributed by atoms with Crippen LogP contribution in [0.1, 0.15) is 33.6 Å². The third kappa shape index (κ3) is 4.58. The van der Waals surface area contributed by atoms with Crippen molar-refractivity contribution in [2.75, 3.05) is 5.88 Å². The molecule has 0 heterocycles. The summed E-state index contributed by atoms with van der Waals surface area (Å²) in [5, 5.41) is 15.6. The smallest absolute Gasteiger partial charge is 0.261 e. The first kappa shape index (κ1) is 22.0. The summed E-state index contributed by atoms with van der Waals surface area (Å²) in [6.07, 6.45) is 0.300. The van der Waals surface area contributed by atoms with Gasteiger partial charge in [-0.3, -0.25) is 4.79 Å². The van der Waals surface area contributed by atoms with Crippen LogP contribution in [0.15, 0.2) is 60.7 Å². The molecule has 1 aliphatic carbocycles. The molecule has 2 aromatic rings. The number of hydrogen-bond donors (Lipinski definition) is 2. The molecule has 4 nitrogen and oxygen atoms in total. The summed E-state index contributed by atoms with van der Waals surface area (Å²) >= 11 is 5.62. The Kier molecular flexibility index (Phi) is 6.84. The number of hydrogen-bond acceptors (Lipinski definition) is 3. The number of nitrogens with one attached hydrogen (secondary N) is 1. The van der Waals surface area contributed by atoms with Crippen molar-refractivity contribution in [2.24, 2.45) is 0 Å². The number of alkyl halides is 1. The van der Waals surface area contributed by atoms with E-state index in [-0.39, 0.29) is 29.0 Å². The van der Waals surface area contributed by atoms with Crippen LogP contribution in [0.4, 0.5) is 0 Å². The zero-order valence-electron chi connectivity index (χ0n) is 17.3. The highest BCUT2D eigenvalue weighted by Crippen LogP contribution is 2.39. The van der Waals surface area contributed by atoms with Gasteiger partial charge < -0.3 is 14.8 Å². The van der Waals surface area contributed by atoms with Gasteiger partial charge in [0.05, 0.1) is 18.2 Å². The van der Waals surface area contributed by atoms with Crippen molar-refractivity contribution in [2.45, 2.75) is 56.9 Å². The number of aliphatic hydroxyl groups excluding tert-OH is 1. The number of carbonyl (C=O) groups is 1. The Morgan fingerprint density at radius 2 is 1.59 bits per heavy atom. The summed E-state index contributed by atoms with van der Waals surface area (Å²) in [4.78, 5) is 11.7. The molecule has 0 aromatic heterocycles. The molecule has 3 rings (SSSR count). The van der Waals surface area contributed by atoms with E-state index in [0.29, 0.717) is 12.8 Å². The molecule has 0 aliphatic heterocycles. The van der Waals surface area contributed by atoms with Crippen LogP contribution >= 0.6 is 11.6 Å². The third-order valence-electron chi connectivity index (χ3n) is 5.71. The summed E-state index contributed by atoms with van der Waals surface area (Å²) in [6.45, 7) is 6.70. The predicted octanol–water partition coefficient (Wildman–Crippen LogP) is 2.81. The number of carbonyl (C=O) groups excluding carboxylic acids is 1. The number of rotatable bonds is 6. The zero-order chi connectivity index (χ0) is 21.1. The maximum absolute atomic E-state index is 11.7. The SMILES string of the molecule is CC(C)(C)[Si](OC1CC(O)C(NC(=O)CCl)C1)(c1ccccc1)c1ccccc1. The van der Waals surface area contributed by atoms with Gasteiger partial charge in [-0.05, 0) is 21.8 Å². The molecule has 6 heteroatoms. The molecular weight excluding hydrogens is 402 g/mol. The maximum atomic E-state index is 11.7. The lowest BCUT2D eigenvalue weighted by Crippen LogP contribution is -2.67. The Labute approximate surface area is 179 Å². The van der Waals surface area contributed by atoms with Crippen LogP contribution < -0.4 is 15.7 Å². The van der Waals surface area contributed by atoms with Crippen molar-refractivity contribution in [3.63, 3.8) is 0 Å². The van der Waals surface area contributed by atoms with Crippen molar-refractivity contribution in [3.05, 3.63) is 60.7 Å². The van der Waals surface area contributed by atoms with Crippen LogP contribution in [0.2, 0.25) is 5.04 Å². The quantitative estimate of drug-likeness (QED) is 0.546. The first-order valence-corrected chi connectivity index (χ1v) is 12.5. The molecule has 3 atom stereocenters. The predicted molar refractivity (Wildman–Crippen MR) is 120 cm³/mol. The largest absolute Gasteiger partial charge is 0.404 e. The fourth-order valence-electron chi connectivity index (χ4n) is 4.41. The molecule has 1 fully saturated rings. The lowest BCUT2D eigenvalue weighted by Gasteiger charge is -2.44. The van der Waals surface area contributed by atoms with Gasteiger partial charge in [-0.15, -0.1) is 11.6 Å². The molecule has 1 amide bonds. The fraction of sp³-hybridized carbons (Fsp3) is 0.435. The van der Waals surface area contributed by atoms with Gasteiger partial charge >= 0.3 is 0 Å². The van der Waals surface area contributed by atoms with E-state index in [1.54, 1.807) is 0 Å². The van der Waals surface area contributed by atoms with Crippen molar-refractivity contribution >= 4 is 36.2 Å². The Bertz CT molecular complexity index is 770. The summed E-state index contributed by atoms with van der Waals surface area (Å²) in [7, 11) is -2.67. The van der Waals surface area contributed by atoms with Crippen molar-refractivity contribution < 1.29 is 14.3 Å². The van der Waals surface area contributed by atoms with Crippen LogP contribution in [0.3, 0.4) is 0 Å². The first-order valence-electron chi connectivity index (χ1n) is 10.1. The molecule has 1 aliphatic rings. The number of halogens is 1. The monoisotopic (exact) mass is 431 g/mol. The van der Waals surface area contributed by atoms with Crippen LogP contribution in [0.25, 0.3) is 0 Å². The molecular formula is C23H30ClNO3Si. The van der Waals surface area contributed by atoms with Gasteiger partial charge in [0, 0.05) is 6.42 Å². The lowest BCUT2D eigenvalue weighted by atomic mass is 10.2. The van der Waals surface area contributed by atoms with Gasteiger partial charge in [0.2, 0.25) is 5.91 Å². The van der Waals surface area contributed by atoms with Crippen LogP contribution in [0.5, 0.6) is 0 Å². The topological polar surface area (TPSA) is 58.6 Å². The van der Waals surface area contributed by atoms with Gasteiger partial charge in [0.25, 0.3) is 8.32 Å². The molecule has 2 N–H and O–H groups in total. The van der Waals surface area contributed by atoms with Crippen LogP contribution in [-0.2, 0) is 9.22 Å². The molecule has 1 saturated carbocycles. The molecule has 0 bridgehead atoms. The van der Waals surface area contributed by atoms with E-state index >= 15 is 0 Å². The normalized spacial score (nSPS) is 22.4. The van der Waals surface area contributed by atoms with Gasteiger partial charge in [0.1, 0.15) is 5.88 Å². The maximum Gasteiger partial charge on any atom is 0.261 e. The minimum Gasteiger partial charge on any atom is -0.404 e. The van der Waals surface area contributed by atoms with Crippen molar-refractivity contribution in [1.82, 2.24) is 5.32 Å². The van der Waals surface area contributed by atoms with E-state index in [1.807, 2.05) is 12.1 Å². The molecule has 156 valence electrons. The lowest BCUT2D eigenvalue weighted by molar-refractivity contribution is -0.120. The highest BCUT2D eigenvalue weighted by Gasteiger charge is 2.52. The molecule has 3 unspecified atom stereocenters. The molecule has 0 radical (unpaired) electrons. The van der Waals surface area contributed by atoms with Gasteiger partial charge in [-0.1, -0.05) is 81.4 Å². The van der Waals surface area contributed by atoms with Crippen LogP contribution in [0, 0.1) is 0 Å². The highest BCUT2D eigenvalue weighted by molar-refractivity contribution is 6.99. The second kappa shape index (κ2) is 9.00. The summed E-state index contributed by atoms with van der Waals surface area (Å²) in [5.74, 6) is -0.370. The first-order chi connectivity index (χ1) is 13.8. The number of aliphatic hydroxyl groups is 1. The number of benzene rings is 2. The standard InChI is InChI=1S/C23H30ClNO3Si/c1-23(2,3)29(18-10-6-4-7-11-18,19-12-8-5-9-13-19)28-17-14-20(21(26)15-17)25-22(27)16-24/h4-13,17,20-21,26H,14-16H2,1-3H3,(H,25,27). The molecule has 0 spiro atoms. The molecule has 2 aromatic carbocycles. The average Bonchev–Trinajstić information content (AvgIpc) is 3.05. The zero-order valence-corrected chi connectivity index (χ0v) is 19.0. The van der Waals surface area contributed by atoms with Gasteiger partial charge in [0.15, 0.2) is 0 Å². The minimum atomic E-state index is -2.67. The molecule has 0 saturated heterocycles. The van der Waals surface area contributed by atoms with E-state index in [2.05, 4.69) is 74.6 Å². The summed E-state index contributed by atoms with van der Waals surface area (Å²) < 4.78 is 7.05. The van der Waals surface area contributed by atoms with Gasteiger partial charge in [-0.2, -0.15) is 0 Å². The Morgan fingerprint density at radius 3 is 2.03 bits per heavy atom. The van der Waals surface area contributed by atoms with E-state index < -0.39 is 14.4 Å². The second-order valence-corrected chi connectivity index (χ2v) is 13.3. The molecule has 29 heavy (non-hydrogen) atoms. The third-order valence-corrected chi connectivity index (χ3v) is 11.0. The number of amides is 1. The van der Waals surface area contributed by atoms with Gasteiger partial charge in [-0.25, -0.2) is 0 Å². The van der Waals surface area contributed by atoms with E-state index in [4.69, 9.17) is 16.0 Å². The van der Waals surface area contributed by atoms with E-state index in [9.17, 15) is 9.90 Å². The minimum absolute atomic E-state index is 0.108. The Hall–Kier alpha value is -1.66. The Balaban J connectivity index is 2.00. The average molecular weight is 432 g/mol. The van der Waals surface area contributed by atoms with Crippen molar-refractivity contribution in [3.8, 4) is 0 Å². The second-order valence-electron chi connectivity index (χ2n) is 8.75.